The number of ether oxygens (including phenoxy) is 1. The van der Waals surface area contributed by atoms with Crippen molar-refractivity contribution in [1.82, 2.24) is 4.98 Å². The normalized spacial score (nSPS) is 10.5. The highest BCUT2D eigenvalue weighted by atomic mass is 32.1. The van der Waals surface area contributed by atoms with Gasteiger partial charge in [0.1, 0.15) is 5.75 Å². The van der Waals surface area contributed by atoms with Gasteiger partial charge in [-0.05, 0) is 60.6 Å². The average Bonchev–Trinajstić information content (AvgIpc) is 3.21. The van der Waals surface area contributed by atoms with E-state index in [0.29, 0.717) is 11.7 Å². The Labute approximate surface area is 188 Å². The third kappa shape index (κ3) is 5.53. The van der Waals surface area contributed by atoms with Gasteiger partial charge in [-0.1, -0.05) is 48.5 Å². The molecule has 0 aliphatic heterocycles. The van der Waals surface area contributed by atoms with E-state index in [4.69, 9.17) is 17.0 Å². The quantitative estimate of drug-likeness (QED) is 0.298. The fourth-order valence-corrected chi connectivity index (χ4v) is 3.63. The van der Waals surface area contributed by atoms with E-state index in [-0.39, 0.29) is 0 Å². The van der Waals surface area contributed by atoms with Crippen molar-refractivity contribution in [2.24, 2.45) is 0 Å². The molecule has 1 aromatic heterocycles. The maximum absolute atomic E-state index is 6.12. The molecule has 4 rings (SSSR count). The number of nitrogens with one attached hydrogen (secondary N) is 3. The molecule has 0 aliphatic rings. The molecular weight excluding hydrogens is 402 g/mol. The van der Waals surface area contributed by atoms with Gasteiger partial charge in [0.25, 0.3) is 0 Å². The van der Waals surface area contributed by atoms with Crippen LogP contribution in [0.1, 0.15) is 11.1 Å². The second kappa shape index (κ2) is 9.96. The van der Waals surface area contributed by atoms with E-state index in [9.17, 15) is 0 Å². The molecule has 0 spiro atoms. The number of aryl methyl sites for hydroxylation is 1. The van der Waals surface area contributed by atoms with Gasteiger partial charge in [0.05, 0.1) is 6.61 Å². The Balaban J connectivity index is 1.30. The van der Waals surface area contributed by atoms with Crippen LogP contribution in [-0.2, 0) is 6.42 Å². The van der Waals surface area contributed by atoms with Crippen LogP contribution in [0.15, 0.2) is 91.3 Å². The molecule has 0 radical (unpaired) electrons. The van der Waals surface area contributed by atoms with Crippen molar-refractivity contribution in [3.63, 3.8) is 0 Å². The topological polar surface area (TPSA) is 49.1 Å². The minimum atomic E-state index is 0.568. The summed E-state index contributed by atoms with van der Waals surface area (Å²) in [5.74, 6) is 0.904. The molecule has 0 fully saturated rings. The fraction of sp³-hybridized carbons (Fsp3) is 0.115. The lowest BCUT2D eigenvalue weighted by Crippen LogP contribution is -2.18. The minimum absolute atomic E-state index is 0.568. The van der Waals surface area contributed by atoms with Gasteiger partial charge in [0.2, 0.25) is 0 Å². The third-order valence-corrected chi connectivity index (χ3v) is 5.23. The second-order valence-corrected chi connectivity index (χ2v) is 7.70. The van der Waals surface area contributed by atoms with Crippen LogP contribution in [0.3, 0.4) is 0 Å². The molecule has 4 nitrogen and oxygen atoms in total. The molecule has 0 unspecified atom stereocenters. The van der Waals surface area contributed by atoms with E-state index in [2.05, 4.69) is 40.7 Å². The molecule has 0 saturated carbocycles. The average molecular weight is 428 g/mol. The molecule has 0 bridgehead atoms. The van der Waals surface area contributed by atoms with E-state index >= 15 is 0 Å². The number of hydrogen-bond donors (Lipinski definition) is 3. The molecule has 1 heterocycles. The van der Waals surface area contributed by atoms with Gasteiger partial charge in [0, 0.05) is 41.3 Å². The Morgan fingerprint density at radius 3 is 2.19 bits per heavy atom. The predicted molar refractivity (Wildman–Crippen MR) is 133 cm³/mol. The van der Waals surface area contributed by atoms with Crippen molar-refractivity contribution in [3.8, 4) is 16.9 Å². The molecule has 31 heavy (non-hydrogen) atoms. The van der Waals surface area contributed by atoms with Gasteiger partial charge in [-0.15, -0.1) is 0 Å². The number of H-pyrrole nitrogens is 1. The Bertz CT molecular complexity index is 1140. The van der Waals surface area contributed by atoms with Crippen LogP contribution < -0.4 is 15.4 Å². The number of aromatic nitrogens is 1. The van der Waals surface area contributed by atoms with Crippen LogP contribution in [0, 0.1) is 6.92 Å². The lowest BCUT2D eigenvalue weighted by Gasteiger charge is -2.12. The smallest absolute Gasteiger partial charge is 0.175 e. The van der Waals surface area contributed by atoms with Gasteiger partial charge in [0.15, 0.2) is 5.11 Å². The fourth-order valence-electron chi connectivity index (χ4n) is 3.40. The van der Waals surface area contributed by atoms with Crippen molar-refractivity contribution >= 4 is 28.7 Å². The van der Waals surface area contributed by atoms with Crippen LogP contribution in [0.2, 0.25) is 0 Å². The summed E-state index contributed by atoms with van der Waals surface area (Å²) in [5.41, 5.74) is 6.61. The second-order valence-electron chi connectivity index (χ2n) is 7.29. The van der Waals surface area contributed by atoms with E-state index < -0.39 is 0 Å². The first kappa shape index (κ1) is 20.7. The van der Waals surface area contributed by atoms with Crippen molar-refractivity contribution in [2.75, 3.05) is 17.2 Å². The maximum Gasteiger partial charge on any atom is 0.175 e. The largest absolute Gasteiger partial charge is 0.493 e. The molecule has 5 heteroatoms. The molecular formula is C26H25N3OS. The monoisotopic (exact) mass is 427 g/mol. The van der Waals surface area contributed by atoms with Crippen LogP contribution in [0.25, 0.3) is 11.1 Å². The number of hydrogen-bond acceptors (Lipinski definition) is 2. The number of aromatic amines is 1. The van der Waals surface area contributed by atoms with Crippen LogP contribution in [-0.4, -0.2) is 16.7 Å². The SMILES string of the molecule is Cc1c[nH]cc1-c1ccccc1OCCc1ccc(NC(=S)Nc2ccccc2)cc1. The Hall–Kier alpha value is -3.57. The maximum atomic E-state index is 6.12. The third-order valence-electron chi connectivity index (χ3n) is 5.02. The highest BCUT2D eigenvalue weighted by Gasteiger charge is 2.09. The van der Waals surface area contributed by atoms with E-state index in [1.165, 1.54) is 16.7 Å². The van der Waals surface area contributed by atoms with Crippen molar-refractivity contribution < 1.29 is 4.74 Å². The molecule has 0 saturated heterocycles. The van der Waals surface area contributed by atoms with Crippen LogP contribution in [0.4, 0.5) is 11.4 Å². The molecule has 3 aromatic carbocycles. The number of anilines is 2. The zero-order valence-corrected chi connectivity index (χ0v) is 18.2. The predicted octanol–water partition coefficient (Wildman–Crippen LogP) is 6.42. The molecule has 0 atom stereocenters. The number of thiocarbonyl (C=S) groups is 1. The van der Waals surface area contributed by atoms with Crippen molar-refractivity contribution in [2.45, 2.75) is 13.3 Å². The number of para-hydroxylation sites is 2. The van der Waals surface area contributed by atoms with Gasteiger partial charge in [-0.25, -0.2) is 0 Å². The van der Waals surface area contributed by atoms with E-state index in [1.807, 2.05) is 73.1 Å². The summed E-state index contributed by atoms with van der Waals surface area (Å²) in [4.78, 5) is 3.16. The highest BCUT2D eigenvalue weighted by Crippen LogP contribution is 2.31. The zero-order valence-electron chi connectivity index (χ0n) is 17.4. The first-order valence-corrected chi connectivity index (χ1v) is 10.7. The Morgan fingerprint density at radius 2 is 1.48 bits per heavy atom. The standard InChI is InChI=1S/C26H25N3OS/c1-19-17-27-18-24(19)23-9-5-6-10-25(23)30-16-15-20-11-13-22(14-12-20)29-26(31)28-21-7-3-2-4-8-21/h2-14,17-18,27H,15-16H2,1H3,(H2,28,29,31). The summed E-state index contributed by atoms with van der Waals surface area (Å²) in [6.07, 6.45) is 4.84. The van der Waals surface area contributed by atoms with Crippen LogP contribution in [0.5, 0.6) is 5.75 Å². The van der Waals surface area contributed by atoms with E-state index in [1.54, 1.807) is 0 Å². The lowest BCUT2D eigenvalue weighted by atomic mass is 10.0. The first-order valence-electron chi connectivity index (χ1n) is 10.3. The molecule has 156 valence electrons. The summed E-state index contributed by atoms with van der Waals surface area (Å²) in [7, 11) is 0. The molecule has 3 N–H and O–H groups in total. The number of benzene rings is 3. The van der Waals surface area contributed by atoms with E-state index in [0.717, 1.165) is 29.1 Å². The summed E-state index contributed by atoms with van der Waals surface area (Å²) >= 11 is 5.39. The van der Waals surface area contributed by atoms with Crippen molar-refractivity contribution in [1.29, 1.82) is 0 Å². The summed E-state index contributed by atoms with van der Waals surface area (Å²) in [6.45, 7) is 2.71. The number of rotatable bonds is 7. The van der Waals surface area contributed by atoms with Gasteiger partial charge in [-0.2, -0.15) is 0 Å². The summed E-state index contributed by atoms with van der Waals surface area (Å²) in [5, 5.41) is 6.96. The van der Waals surface area contributed by atoms with Crippen molar-refractivity contribution in [3.05, 3.63) is 102 Å². The molecule has 0 aliphatic carbocycles. The van der Waals surface area contributed by atoms with Crippen LogP contribution >= 0.6 is 12.2 Å². The zero-order chi connectivity index (χ0) is 21.5. The van der Waals surface area contributed by atoms with Gasteiger partial charge >= 0.3 is 0 Å². The molecule has 0 amide bonds. The van der Waals surface area contributed by atoms with Gasteiger partial charge < -0.3 is 20.4 Å². The Morgan fingerprint density at radius 1 is 0.806 bits per heavy atom. The lowest BCUT2D eigenvalue weighted by molar-refractivity contribution is 0.323. The summed E-state index contributed by atoms with van der Waals surface area (Å²) < 4.78 is 6.12. The Kier molecular flexibility index (Phi) is 6.65. The summed E-state index contributed by atoms with van der Waals surface area (Å²) in [6, 6.07) is 26.3. The molecule has 4 aromatic rings. The minimum Gasteiger partial charge on any atom is -0.493 e. The van der Waals surface area contributed by atoms with Gasteiger partial charge in [-0.3, -0.25) is 0 Å². The first-order chi connectivity index (χ1) is 15.2. The highest BCUT2D eigenvalue weighted by molar-refractivity contribution is 7.80.